The second-order valence-corrected chi connectivity index (χ2v) is 10.7. The van der Waals surface area contributed by atoms with Gasteiger partial charge < -0.3 is 15.2 Å². The fraction of sp³-hybridized carbons (Fsp3) is 0.423. The highest BCUT2D eigenvalue weighted by molar-refractivity contribution is 7.89. The fourth-order valence-electron chi connectivity index (χ4n) is 4.17. The number of benzene rings is 2. The average Bonchev–Trinajstić information content (AvgIpc) is 2.83. The van der Waals surface area contributed by atoms with Gasteiger partial charge in [0.1, 0.15) is 11.8 Å². The number of sulfonamides is 1. The third kappa shape index (κ3) is 8.11. The summed E-state index contributed by atoms with van der Waals surface area (Å²) < 4.78 is 33.9. The summed E-state index contributed by atoms with van der Waals surface area (Å²) in [5.74, 6) is -0.252. The molecule has 200 valence electrons. The lowest BCUT2D eigenvalue weighted by atomic mass is 10.1. The number of hydrogen-bond donors (Lipinski definition) is 4. The molecule has 37 heavy (non-hydrogen) atoms. The molecule has 0 aliphatic carbocycles. The van der Waals surface area contributed by atoms with Crippen molar-refractivity contribution in [1.29, 1.82) is 0 Å². The van der Waals surface area contributed by atoms with E-state index in [0.29, 0.717) is 30.1 Å². The van der Waals surface area contributed by atoms with Crippen LogP contribution in [0.25, 0.3) is 0 Å². The molecule has 1 heterocycles. The molecule has 1 aliphatic rings. The smallest absolute Gasteiger partial charge is 0.329 e. The van der Waals surface area contributed by atoms with E-state index in [1.165, 1.54) is 0 Å². The minimum Gasteiger partial charge on any atom is -0.425 e. The fourth-order valence-corrected chi connectivity index (χ4v) is 5.84. The lowest BCUT2D eigenvalue weighted by Crippen LogP contribution is -2.44. The van der Waals surface area contributed by atoms with Crippen LogP contribution in [0.4, 0.5) is 0 Å². The van der Waals surface area contributed by atoms with E-state index in [1.54, 1.807) is 50.2 Å². The number of carbonyl (C=O) groups is 2. The van der Waals surface area contributed by atoms with Crippen molar-refractivity contribution in [3.8, 4) is 5.75 Å². The summed E-state index contributed by atoms with van der Waals surface area (Å²) in [4.78, 5) is 29.2. The van der Waals surface area contributed by atoms with E-state index in [9.17, 15) is 23.1 Å². The molecule has 3 rings (SSSR count). The number of carbonyl (C=O) groups excluding carboxylic acids is 2. The Bertz CT molecular complexity index is 1240. The van der Waals surface area contributed by atoms with Gasteiger partial charge in [-0.1, -0.05) is 29.8 Å². The van der Waals surface area contributed by atoms with E-state index in [2.05, 4.69) is 20.3 Å². The van der Waals surface area contributed by atoms with Crippen LogP contribution < -0.4 is 20.1 Å². The zero-order valence-corrected chi connectivity index (χ0v) is 22.2. The molecule has 1 aliphatic heterocycles. The van der Waals surface area contributed by atoms with Crippen molar-refractivity contribution in [2.24, 2.45) is 4.99 Å². The maximum atomic E-state index is 13.1. The van der Waals surface area contributed by atoms with Gasteiger partial charge in [-0.2, -0.15) is 4.72 Å². The van der Waals surface area contributed by atoms with E-state index >= 15 is 0 Å². The lowest BCUT2D eigenvalue weighted by Gasteiger charge is -2.19. The number of nitrogens with zero attached hydrogens (tertiary/aromatic N) is 1. The second-order valence-electron chi connectivity index (χ2n) is 9.04. The molecule has 4 N–H and O–H groups in total. The van der Waals surface area contributed by atoms with Gasteiger partial charge in [0, 0.05) is 26.1 Å². The van der Waals surface area contributed by atoms with Gasteiger partial charge in [-0.3, -0.25) is 15.1 Å². The van der Waals surface area contributed by atoms with Crippen LogP contribution in [0.2, 0.25) is 0 Å². The van der Waals surface area contributed by atoms with E-state index in [-0.39, 0.29) is 29.4 Å². The molecule has 1 amide bonds. The van der Waals surface area contributed by atoms with Gasteiger partial charge in [-0.25, -0.2) is 13.2 Å². The molecule has 0 bridgehead atoms. The summed E-state index contributed by atoms with van der Waals surface area (Å²) in [7, 11) is -4.04. The van der Waals surface area contributed by atoms with Crippen LogP contribution in [0.1, 0.15) is 41.5 Å². The van der Waals surface area contributed by atoms with Gasteiger partial charge in [-0.05, 0) is 68.9 Å². The maximum absolute atomic E-state index is 13.1. The zero-order valence-electron chi connectivity index (χ0n) is 21.3. The molecule has 11 heteroatoms. The Hall–Kier alpha value is -3.28. The summed E-state index contributed by atoms with van der Waals surface area (Å²) in [5, 5.41) is 15.2. The predicted molar refractivity (Wildman–Crippen MR) is 140 cm³/mol. The predicted octanol–water partition coefficient (Wildman–Crippen LogP) is 1.64. The first-order valence-electron chi connectivity index (χ1n) is 12.2. The summed E-state index contributed by atoms with van der Waals surface area (Å²) in [6.07, 6.45) is 1.54. The zero-order chi connectivity index (χ0) is 27.0. The summed E-state index contributed by atoms with van der Waals surface area (Å²) in [5.41, 5.74) is 2.92. The molecule has 1 atom stereocenters. The normalized spacial score (nSPS) is 14.3. The van der Waals surface area contributed by atoms with Gasteiger partial charge in [0.05, 0.1) is 4.90 Å². The number of esters is 1. The first-order chi connectivity index (χ1) is 17.6. The molecule has 0 aromatic heterocycles. The summed E-state index contributed by atoms with van der Waals surface area (Å²) in [6, 6.07) is 8.87. The van der Waals surface area contributed by atoms with Crippen LogP contribution in [0.5, 0.6) is 5.75 Å². The van der Waals surface area contributed by atoms with Crippen LogP contribution in [0, 0.1) is 20.8 Å². The quantitative estimate of drug-likeness (QED) is 0.270. The van der Waals surface area contributed by atoms with Crippen molar-refractivity contribution in [3.05, 3.63) is 58.7 Å². The van der Waals surface area contributed by atoms with E-state index in [0.717, 1.165) is 24.1 Å². The SMILES string of the molecule is Cc1cc(C)c(S(=O)(=O)N[C@@H](CCO)C(=O)Oc2ccc(CCC(=O)NC3=NCCCN3)cc2)c(C)c1. The number of aliphatic imine (C=N–C) groups is 1. The van der Waals surface area contributed by atoms with Crippen LogP contribution >= 0.6 is 0 Å². The molecule has 0 saturated carbocycles. The van der Waals surface area contributed by atoms with Crippen LogP contribution in [-0.2, 0) is 26.0 Å². The van der Waals surface area contributed by atoms with Gasteiger partial charge in [0.15, 0.2) is 5.96 Å². The van der Waals surface area contributed by atoms with Gasteiger partial charge >= 0.3 is 5.97 Å². The van der Waals surface area contributed by atoms with Crippen molar-refractivity contribution >= 4 is 27.9 Å². The monoisotopic (exact) mass is 530 g/mol. The van der Waals surface area contributed by atoms with Crippen LogP contribution in [0.3, 0.4) is 0 Å². The number of ether oxygens (including phenoxy) is 1. The number of aliphatic hydroxyl groups excluding tert-OH is 1. The molecule has 10 nitrogen and oxygen atoms in total. The average molecular weight is 531 g/mol. The molecular weight excluding hydrogens is 496 g/mol. The minimum absolute atomic E-state index is 0.105. The molecule has 0 radical (unpaired) electrons. The Balaban J connectivity index is 1.60. The van der Waals surface area contributed by atoms with E-state index < -0.39 is 28.6 Å². The number of hydrogen-bond acceptors (Lipinski definition) is 8. The van der Waals surface area contributed by atoms with E-state index in [1.807, 2.05) is 6.92 Å². The third-order valence-electron chi connectivity index (χ3n) is 5.81. The number of rotatable bonds is 10. The summed E-state index contributed by atoms with van der Waals surface area (Å²) >= 11 is 0. The largest absolute Gasteiger partial charge is 0.425 e. The molecule has 0 fully saturated rings. The van der Waals surface area contributed by atoms with Crippen molar-refractivity contribution in [3.63, 3.8) is 0 Å². The number of amides is 1. The highest BCUT2D eigenvalue weighted by atomic mass is 32.2. The Morgan fingerprint density at radius 2 is 1.81 bits per heavy atom. The van der Waals surface area contributed by atoms with Gasteiger partial charge in [0.25, 0.3) is 0 Å². The molecule has 2 aromatic carbocycles. The Morgan fingerprint density at radius 3 is 2.41 bits per heavy atom. The molecule has 0 unspecified atom stereocenters. The highest BCUT2D eigenvalue weighted by Crippen LogP contribution is 2.22. The minimum atomic E-state index is -4.04. The Morgan fingerprint density at radius 1 is 1.14 bits per heavy atom. The first-order valence-corrected chi connectivity index (χ1v) is 13.7. The van der Waals surface area contributed by atoms with Gasteiger partial charge in [-0.15, -0.1) is 0 Å². The van der Waals surface area contributed by atoms with Crippen molar-refractivity contribution in [2.45, 2.75) is 57.4 Å². The molecular formula is C26H34N4O6S. The maximum Gasteiger partial charge on any atom is 0.329 e. The topological polar surface area (TPSA) is 146 Å². The van der Waals surface area contributed by atoms with Crippen LogP contribution in [-0.4, -0.2) is 57.1 Å². The molecule has 0 saturated heterocycles. The Kier molecular flexibility index (Phi) is 9.79. The van der Waals surface area contributed by atoms with Crippen molar-refractivity contribution in [2.75, 3.05) is 19.7 Å². The first kappa shape index (κ1) is 28.3. The number of nitrogens with one attached hydrogen (secondary N) is 3. The number of aliphatic hydroxyl groups is 1. The molecule has 0 spiro atoms. The molecule has 2 aromatic rings. The number of aryl methyl sites for hydroxylation is 4. The van der Waals surface area contributed by atoms with Gasteiger partial charge in [0.2, 0.25) is 15.9 Å². The highest BCUT2D eigenvalue weighted by Gasteiger charge is 2.29. The summed E-state index contributed by atoms with van der Waals surface area (Å²) in [6.45, 7) is 6.33. The lowest BCUT2D eigenvalue weighted by molar-refractivity contribution is -0.136. The standard InChI is InChI=1S/C26H34N4O6S/c1-17-15-18(2)24(19(3)16-17)37(34,35)30-22(11-14-31)25(33)36-21-8-5-20(6-9-21)7-10-23(32)29-26-27-12-4-13-28-26/h5-6,8-9,15-16,22,30-31H,4,7,10-14H2,1-3H3,(H2,27,28,29,32)/t22-/m0/s1. The Labute approximate surface area is 217 Å². The van der Waals surface area contributed by atoms with Crippen LogP contribution in [0.15, 0.2) is 46.3 Å². The van der Waals surface area contributed by atoms with E-state index in [4.69, 9.17) is 4.74 Å². The second kappa shape index (κ2) is 12.8. The number of guanidine groups is 1. The van der Waals surface area contributed by atoms with Crippen molar-refractivity contribution in [1.82, 2.24) is 15.4 Å². The third-order valence-corrected chi connectivity index (χ3v) is 7.59. The van der Waals surface area contributed by atoms with Crippen molar-refractivity contribution < 1.29 is 27.9 Å².